The van der Waals surface area contributed by atoms with Gasteiger partial charge in [-0.2, -0.15) is 4.68 Å². The van der Waals surface area contributed by atoms with Crippen molar-refractivity contribution in [2.45, 2.75) is 13.1 Å². The summed E-state index contributed by atoms with van der Waals surface area (Å²) in [5.74, 6) is 0.475. The minimum atomic E-state index is -0.459. The summed E-state index contributed by atoms with van der Waals surface area (Å²) in [4.78, 5) is 0.266. The molecule has 0 spiro atoms. The van der Waals surface area contributed by atoms with Crippen molar-refractivity contribution in [3.8, 4) is 11.5 Å². The van der Waals surface area contributed by atoms with Gasteiger partial charge in [-0.25, -0.2) is 0 Å². The quantitative estimate of drug-likeness (QED) is 0.749. The first kappa shape index (κ1) is 13.7. The van der Waals surface area contributed by atoms with E-state index in [4.69, 9.17) is 22.4 Å². The molecule has 0 saturated heterocycles. The summed E-state index contributed by atoms with van der Waals surface area (Å²) < 4.78 is 7.08. The van der Waals surface area contributed by atoms with Crippen LogP contribution in [0.4, 0.5) is 0 Å². The average molecular weight is 297 g/mol. The Morgan fingerprint density at radius 2 is 1.76 bits per heavy atom. The molecule has 1 aromatic heterocycles. The third-order valence-corrected chi connectivity index (χ3v) is 3.54. The molecule has 1 heterocycles. The van der Waals surface area contributed by atoms with E-state index in [-0.39, 0.29) is 4.84 Å². The zero-order chi connectivity index (χ0) is 14.8. The molecule has 2 N–H and O–H groups in total. The van der Waals surface area contributed by atoms with Crippen molar-refractivity contribution in [1.29, 1.82) is 0 Å². The molecule has 0 aliphatic rings. The predicted molar refractivity (Wildman–Crippen MR) is 84.3 cm³/mol. The topological polar surface area (TPSA) is 57.0 Å². The molecule has 1 unspecified atom stereocenters. The number of hydrogen-bond donors (Lipinski definition) is 1. The van der Waals surface area contributed by atoms with Crippen LogP contribution in [0, 0.1) is 11.8 Å². The molecule has 5 heteroatoms. The standard InChI is InChI=1S/C16H15N3OS/c1-11-7-9-12(10-8-11)14(17)19-16(21)20-15(18-19)13-5-3-2-4-6-13/h2-10,14H,17H2,1H3. The summed E-state index contributed by atoms with van der Waals surface area (Å²) in [6.07, 6.45) is -0.459. The molecule has 0 bridgehead atoms. The molecule has 0 amide bonds. The maximum atomic E-state index is 6.23. The lowest BCUT2D eigenvalue weighted by molar-refractivity contribution is 0.480. The minimum absolute atomic E-state index is 0.266. The molecule has 21 heavy (non-hydrogen) atoms. The van der Waals surface area contributed by atoms with Gasteiger partial charge in [0.25, 0.3) is 4.84 Å². The van der Waals surface area contributed by atoms with Gasteiger partial charge in [0.2, 0.25) is 5.89 Å². The van der Waals surface area contributed by atoms with Gasteiger partial charge in [0.05, 0.1) is 0 Å². The normalized spacial score (nSPS) is 12.3. The Balaban J connectivity index is 1.98. The van der Waals surface area contributed by atoms with E-state index in [0.29, 0.717) is 5.89 Å². The summed E-state index contributed by atoms with van der Waals surface area (Å²) in [6, 6.07) is 17.6. The molecule has 3 rings (SSSR count). The van der Waals surface area contributed by atoms with Crippen molar-refractivity contribution >= 4 is 12.2 Å². The van der Waals surface area contributed by atoms with Crippen LogP contribution in [-0.4, -0.2) is 9.78 Å². The van der Waals surface area contributed by atoms with Crippen LogP contribution in [0.1, 0.15) is 17.3 Å². The van der Waals surface area contributed by atoms with Gasteiger partial charge in [0, 0.05) is 5.56 Å². The maximum Gasteiger partial charge on any atom is 0.289 e. The highest BCUT2D eigenvalue weighted by Gasteiger charge is 2.15. The summed E-state index contributed by atoms with van der Waals surface area (Å²) in [5.41, 5.74) is 9.22. The number of aryl methyl sites for hydroxylation is 1. The Bertz CT molecular complexity index is 790. The molecule has 0 aliphatic carbocycles. The van der Waals surface area contributed by atoms with Crippen molar-refractivity contribution in [3.63, 3.8) is 0 Å². The van der Waals surface area contributed by atoms with Gasteiger partial charge in [0.1, 0.15) is 6.17 Å². The molecule has 0 saturated carbocycles. The number of nitrogens with two attached hydrogens (primary N) is 1. The molecule has 2 aromatic carbocycles. The molecule has 4 nitrogen and oxygen atoms in total. The third-order valence-electron chi connectivity index (χ3n) is 3.27. The fourth-order valence-corrected chi connectivity index (χ4v) is 2.30. The Kier molecular flexibility index (Phi) is 3.68. The zero-order valence-corrected chi connectivity index (χ0v) is 12.4. The second-order valence-corrected chi connectivity index (χ2v) is 5.19. The fraction of sp³-hybridized carbons (Fsp3) is 0.125. The fourth-order valence-electron chi connectivity index (χ4n) is 2.07. The van der Waals surface area contributed by atoms with Crippen molar-refractivity contribution in [2.75, 3.05) is 0 Å². The largest absolute Gasteiger partial charge is 0.409 e. The molecular formula is C16H15N3OS. The Labute approximate surface area is 127 Å². The van der Waals surface area contributed by atoms with Crippen molar-refractivity contribution < 1.29 is 4.42 Å². The summed E-state index contributed by atoms with van der Waals surface area (Å²) >= 11 is 5.23. The van der Waals surface area contributed by atoms with E-state index in [9.17, 15) is 0 Å². The van der Waals surface area contributed by atoms with Crippen molar-refractivity contribution in [2.24, 2.45) is 5.73 Å². The van der Waals surface area contributed by atoms with Gasteiger partial charge in [-0.05, 0) is 36.8 Å². The van der Waals surface area contributed by atoms with Crippen LogP contribution in [0.5, 0.6) is 0 Å². The molecule has 0 fully saturated rings. The van der Waals surface area contributed by atoms with Crippen molar-refractivity contribution in [3.05, 3.63) is 70.6 Å². The van der Waals surface area contributed by atoms with Crippen LogP contribution >= 0.6 is 12.2 Å². The third kappa shape index (κ3) is 2.79. The zero-order valence-electron chi connectivity index (χ0n) is 11.6. The Morgan fingerprint density at radius 1 is 1.10 bits per heavy atom. The first-order valence-electron chi connectivity index (χ1n) is 6.62. The highest BCUT2D eigenvalue weighted by molar-refractivity contribution is 7.71. The number of aromatic nitrogens is 2. The van der Waals surface area contributed by atoms with Gasteiger partial charge >= 0.3 is 0 Å². The number of rotatable bonds is 3. The van der Waals surface area contributed by atoms with E-state index in [1.165, 1.54) is 10.2 Å². The highest BCUT2D eigenvalue weighted by atomic mass is 32.1. The molecular weight excluding hydrogens is 282 g/mol. The smallest absolute Gasteiger partial charge is 0.289 e. The van der Waals surface area contributed by atoms with E-state index >= 15 is 0 Å². The van der Waals surface area contributed by atoms with Gasteiger partial charge < -0.3 is 10.2 Å². The number of benzene rings is 2. The molecule has 0 aliphatic heterocycles. The number of hydrogen-bond acceptors (Lipinski definition) is 4. The molecule has 3 aromatic rings. The van der Waals surface area contributed by atoms with E-state index in [2.05, 4.69) is 5.10 Å². The first-order chi connectivity index (χ1) is 10.1. The lowest BCUT2D eigenvalue weighted by Crippen LogP contribution is -2.21. The maximum absolute atomic E-state index is 6.23. The van der Waals surface area contributed by atoms with E-state index in [1.807, 2.05) is 61.5 Å². The average Bonchev–Trinajstić information content (AvgIpc) is 2.90. The predicted octanol–water partition coefficient (Wildman–Crippen LogP) is 3.69. The van der Waals surface area contributed by atoms with Crippen molar-refractivity contribution in [1.82, 2.24) is 9.78 Å². The van der Waals surface area contributed by atoms with Crippen LogP contribution in [-0.2, 0) is 0 Å². The minimum Gasteiger partial charge on any atom is -0.409 e. The molecule has 106 valence electrons. The van der Waals surface area contributed by atoms with Gasteiger partial charge in [-0.1, -0.05) is 48.0 Å². The lowest BCUT2D eigenvalue weighted by atomic mass is 10.1. The lowest BCUT2D eigenvalue weighted by Gasteiger charge is -2.11. The van der Waals surface area contributed by atoms with Crippen LogP contribution in [0.15, 0.2) is 59.0 Å². The van der Waals surface area contributed by atoms with Gasteiger partial charge in [0.15, 0.2) is 0 Å². The van der Waals surface area contributed by atoms with E-state index in [0.717, 1.165) is 11.1 Å². The summed E-state index contributed by atoms with van der Waals surface area (Å²) in [6.45, 7) is 2.03. The van der Waals surface area contributed by atoms with Crippen LogP contribution in [0.3, 0.4) is 0 Å². The van der Waals surface area contributed by atoms with Crippen LogP contribution < -0.4 is 5.73 Å². The Hall–Kier alpha value is -2.24. The second-order valence-electron chi connectivity index (χ2n) is 4.84. The monoisotopic (exact) mass is 297 g/mol. The second kappa shape index (κ2) is 5.63. The van der Waals surface area contributed by atoms with Crippen LogP contribution in [0.25, 0.3) is 11.5 Å². The first-order valence-corrected chi connectivity index (χ1v) is 7.03. The van der Waals surface area contributed by atoms with E-state index in [1.54, 1.807) is 0 Å². The van der Waals surface area contributed by atoms with Gasteiger partial charge in [-0.3, -0.25) is 0 Å². The summed E-state index contributed by atoms with van der Waals surface area (Å²) in [7, 11) is 0. The Morgan fingerprint density at radius 3 is 2.43 bits per heavy atom. The number of nitrogens with zero attached hydrogens (tertiary/aromatic N) is 2. The molecule has 0 radical (unpaired) electrons. The highest BCUT2D eigenvalue weighted by Crippen LogP contribution is 2.20. The van der Waals surface area contributed by atoms with Crippen LogP contribution in [0.2, 0.25) is 0 Å². The van der Waals surface area contributed by atoms with E-state index < -0.39 is 6.17 Å². The summed E-state index contributed by atoms with van der Waals surface area (Å²) in [5, 5.41) is 4.40. The van der Waals surface area contributed by atoms with Gasteiger partial charge in [-0.15, -0.1) is 5.10 Å². The molecule has 1 atom stereocenters. The SMILES string of the molecule is Cc1ccc(C(N)n2nc(-c3ccccc3)oc2=S)cc1.